The van der Waals surface area contributed by atoms with E-state index in [1.165, 1.54) is 0 Å². The molecule has 0 saturated heterocycles. The van der Waals surface area contributed by atoms with Crippen molar-refractivity contribution in [2.24, 2.45) is 0 Å². The monoisotopic (exact) mass is 554 g/mol. The van der Waals surface area contributed by atoms with Crippen LogP contribution in [0, 0.1) is 0 Å². The van der Waals surface area contributed by atoms with Crippen molar-refractivity contribution in [3.63, 3.8) is 0 Å². The Morgan fingerprint density at radius 3 is 1.81 bits per heavy atom. The van der Waals surface area contributed by atoms with Gasteiger partial charge in [0.15, 0.2) is 0 Å². The van der Waals surface area contributed by atoms with Gasteiger partial charge in [-0.3, -0.25) is 9.36 Å². The molecule has 0 spiro atoms. The maximum Gasteiger partial charge on any atom is 0.136 e. The molecule has 2 unspecified atom stereocenters. The minimum absolute atomic E-state index is 0.137. The molecule has 2 N–H and O–H groups in total. The van der Waals surface area contributed by atoms with Gasteiger partial charge in [-0.15, -0.1) is 0 Å². The highest BCUT2D eigenvalue weighted by atomic mass is 16.5. The van der Waals surface area contributed by atoms with Crippen LogP contribution in [-0.4, -0.2) is 42.5 Å². The molecule has 2 aromatic heterocycles. The number of para-hydroxylation sites is 4. The number of nitrogens with zero attached hydrogens (tertiary/aromatic N) is 4. The van der Waals surface area contributed by atoms with Crippen molar-refractivity contribution >= 4 is 0 Å². The van der Waals surface area contributed by atoms with Gasteiger partial charge in [0.25, 0.3) is 0 Å². The number of aliphatic hydroxyl groups excluding tert-OH is 2. The van der Waals surface area contributed by atoms with Crippen molar-refractivity contribution in [2.45, 2.75) is 18.7 Å². The fraction of sp³-hybridized carbons (Fsp3) is 0.118. The summed E-state index contributed by atoms with van der Waals surface area (Å²) in [6, 6.07) is 30.6. The molecular formula is C34H26N4O4. The lowest BCUT2D eigenvalue weighted by Crippen LogP contribution is -2.32. The van der Waals surface area contributed by atoms with E-state index in [-0.39, 0.29) is 13.2 Å². The van der Waals surface area contributed by atoms with E-state index < -0.39 is 12.1 Å². The molecule has 2 atom stereocenters. The van der Waals surface area contributed by atoms with Gasteiger partial charge >= 0.3 is 0 Å². The van der Waals surface area contributed by atoms with Gasteiger partial charge in [-0.2, -0.15) is 10.2 Å². The standard InChI is InChI=1S/C34H26N4O4/c39-20-27(37-18-26-22-10-2-6-14-30(22)41-31-15-7-3-11-23(31)33(26)36-37)28(40)19-38-34-24-12-4-8-16-32(24)42-29-13-5-1-9-21(29)25(34)17-35-38/h1-18,27-28,39-40H,19-20H2. The van der Waals surface area contributed by atoms with E-state index >= 15 is 0 Å². The van der Waals surface area contributed by atoms with E-state index in [1.807, 2.05) is 109 Å². The summed E-state index contributed by atoms with van der Waals surface area (Å²) in [4.78, 5) is 0. The van der Waals surface area contributed by atoms with Crippen molar-refractivity contribution in [3.8, 4) is 67.8 Å². The zero-order valence-electron chi connectivity index (χ0n) is 22.5. The maximum atomic E-state index is 11.6. The summed E-state index contributed by atoms with van der Waals surface area (Å²) in [5.74, 6) is 2.90. The summed E-state index contributed by atoms with van der Waals surface area (Å²) in [7, 11) is 0. The Kier molecular flexibility index (Phi) is 5.70. The van der Waals surface area contributed by atoms with E-state index in [1.54, 1.807) is 9.36 Å². The van der Waals surface area contributed by atoms with Gasteiger partial charge in [-0.25, -0.2) is 0 Å². The third-order valence-electron chi connectivity index (χ3n) is 7.98. The zero-order valence-corrected chi connectivity index (χ0v) is 22.5. The molecule has 206 valence electrons. The van der Waals surface area contributed by atoms with Gasteiger partial charge in [0.05, 0.1) is 31.1 Å². The van der Waals surface area contributed by atoms with Gasteiger partial charge in [-0.1, -0.05) is 60.7 Å². The fourth-order valence-electron chi connectivity index (χ4n) is 5.94. The Hall–Kier alpha value is -5.18. The van der Waals surface area contributed by atoms with Crippen LogP contribution in [0.15, 0.2) is 109 Å². The number of fused-ring (bicyclic) bond motifs is 10. The van der Waals surface area contributed by atoms with E-state index in [0.29, 0.717) is 11.5 Å². The normalized spacial score (nSPS) is 13.9. The average Bonchev–Trinajstić information content (AvgIpc) is 3.56. The third kappa shape index (κ3) is 3.84. The number of hydrogen-bond donors (Lipinski definition) is 2. The van der Waals surface area contributed by atoms with Crippen LogP contribution in [0.2, 0.25) is 0 Å². The van der Waals surface area contributed by atoms with E-state index in [9.17, 15) is 10.2 Å². The van der Waals surface area contributed by atoms with Crippen LogP contribution in [0.1, 0.15) is 6.04 Å². The first-order valence-corrected chi connectivity index (χ1v) is 13.9. The molecule has 4 heterocycles. The average molecular weight is 555 g/mol. The molecule has 0 bridgehead atoms. The number of aliphatic hydroxyl groups is 2. The highest BCUT2D eigenvalue weighted by Crippen LogP contribution is 2.48. The highest BCUT2D eigenvalue weighted by molar-refractivity contribution is 5.89. The predicted octanol–water partition coefficient (Wildman–Crippen LogP) is 6.55. The molecule has 8 heteroatoms. The Morgan fingerprint density at radius 2 is 1.17 bits per heavy atom. The Bertz CT molecular complexity index is 1900. The highest BCUT2D eigenvalue weighted by Gasteiger charge is 2.30. The van der Waals surface area contributed by atoms with E-state index in [4.69, 9.17) is 19.7 Å². The molecule has 4 aromatic carbocycles. The molecule has 2 aliphatic rings. The van der Waals surface area contributed by atoms with Crippen LogP contribution in [-0.2, 0) is 6.54 Å². The number of benzene rings is 4. The van der Waals surface area contributed by atoms with Crippen LogP contribution >= 0.6 is 0 Å². The summed E-state index contributed by atoms with van der Waals surface area (Å²) < 4.78 is 16.0. The zero-order chi connectivity index (χ0) is 28.2. The smallest absolute Gasteiger partial charge is 0.136 e. The van der Waals surface area contributed by atoms with Crippen molar-refractivity contribution in [1.82, 2.24) is 19.6 Å². The minimum atomic E-state index is -1.00. The second kappa shape index (κ2) is 9.73. The maximum absolute atomic E-state index is 11.6. The summed E-state index contributed by atoms with van der Waals surface area (Å²) in [5, 5.41) is 31.8. The quantitative estimate of drug-likeness (QED) is 0.250. The first-order valence-electron chi connectivity index (χ1n) is 13.9. The molecule has 0 radical (unpaired) electrons. The summed E-state index contributed by atoms with van der Waals surface area (Å²) in [5.41, 5.74) is 6.93. The second-order valence-electron chi connectivity index (χ2n) is 10.5. The molecule has 0 saturated carbocycles. The molecule has 0 fully saturated rings. The lowest BCUT2D eigenvalue weighted by atomic mass is 10.0. The SMILES string of the molecule is OCC(C(O)Cn1ncc2c1-c1ccccc1Oc1ccccc1-2)n1cc2c(n1)-c1ccccc1Oc1ccccc1-2. The summed E-state index contributed by atoms with van der Waals surface area (Å²) in [6.07, 6.45) is 2.69. The van der Waals surface area contributed by atoms with Gasteiger partial charge < -0.3 is 19.7 Å². The van der Waals surface area contributed by atoms with Gasteiger partial charge in [0.2, 0.25) is 0 Å². The first-order chi connectivity index (χ1) is 20.7. The number of rotatable bonds is 5. The van der Waals surface area contributed by atoms with Gasteiger partial charge in [-0.05, 0) is 36.4 Å². The van der Waals surface area contributed by atoms with Crippen LogP contribution in [0.5, 0.6) is 23.0 Å². The van der Waals surface area contributed by atoms with Crippen LogP contribution in [0.25, 0.3) is 44.8 Å². The van der Waals surface area contributed by atoms with Crippen molar-refractivity contribution in [1.29, 1.82) is 0 Å². The molecule has 8 nitrogen and oxygen atoms in total. The topological polar surface area (TPSA) is 94.6 Å². The Labute approximate surface area is 241 Å². The summed E-state index contributed by atoms with van der Waals surface area (Å²) in [6.45, 7) is -0.175. The van der Waals surface area contributed by atoms with E-state index in [0.717, 1.165) is 56.3 Å². The van der Waals surface area contributed by atoms with Crippen molar-refractivity contribution < 1.29 is 19.7 Å². The Morgan fingerprint density at radius 1 is 0.643 bits per heavy atom. The van der Waals surface area contributed by atoms with Crippen molar-refractivity contribution in [3.05, 3.63) is 109 Å². The van der Waals surface area contributed by atoms with Gasteiger partial charge in [0, 0.05) is 39.6 Å². The molecule has 42 heavy (non-hydrogen) atoms. The number of hydrogen-bond acceptors (Lipinski definition) is 6. The molecule has 8 rings (SSSR count). The Balaban J connectivity index is 1.20. The lowest BCUT2D eigenvalue weighted by molar-refractivity contribution is 0.0524. The molecule has 0 aliphatic carbocycles. The molecule has 6 aromatic rings. The largest absolute Gasteiger partial charge is 0.456 e. The number of aromatic nitrogens is 4. The second-order valence-corrected chi connectivity index (χ2v) is 10.5. The minimum Gasteiger partial charge on any atom is -0.456 e. The van der Waals surface area contributed by atoms with E-state index in [2.05, 4.69) is 0 Å². The number of ether oxygens (including phenoxy) is 2. The molecule has 2 aliphatic heterocycles. The fourth-order valence-corrected chi connectivity index (χ4v) is 5.94. The predicted molar refractivity (Wildman–Crippen MR) is 158 cm³/mol. The van der Waals surface area contributed by atoms with Crippen LogP contribution in [0.4, 0.5) is 0 Å². The lowest BCUT2D eigenvalue weighted by Gasteiger charge is -2.22. The molecular weight excluding hydrogens is 528 g/mol. The van der Waals surface area contributed by atoms with Gasteiger partial charge in [0.1, 0.15) is 34.7 Å². The molecule has 0 amide bonds. The van der Waals surface area contributed by atoms with Crippen LogP contribution < -0.4 is 9.47 Å². The van der Waals surface area contributed by atoms with Crippen LogP contribution in [0.3, 0.4) is 0 Å². The summed E-state index contributed by atoms with van der Waals surface area (Å²) >= 11 is 0. The first kappa shape index (κ1) is 24.6. The van der Waals surface area contributed by atoms with Crippen molar-refractivity contribution in [2.75, 3.05) is 6.61 Å². The third-order valence-corrected chi connectivity index (χ3v) is 7.98.